The first kappa shape index (κ1) is 10.7. The van der Waals surface area contributed by atoms with Gasteiger partial charge in [-0.3, -0.25) is 4.79 Å². The van der Waals surface area contributed by atoms with E-state index in [4.69, 9.17) is 0 Å². The van der Waals surface area contributed by atoms with Gasteiger partial charge in [0.25, 0.3) is 0 Å². The van der Waals surface area contributed by atoms with Crippen LogP contribution >= 0.6 is 0 Å². The van der Waals surface area contributed by atoms with Gasteiger partial charge in [-0.1, -0.05) is 24.3 Å². The van der Waals surface area contributed by atoms with E-state index < -0.39 is 0 Å². The van der Waals surface area contributed by atoms with Crippen LogP contribution in [0.1, 0.15) is 36.8 Å². The molecular weight excluding hydrogens is 222 g/mol. The first-order valence-electron chi connectivity index (χ1n) is 7.13. The summed E-state index contributed by atoms with van der Waals surface area (Å²) < 4.78 is 0. The van der Waals surface area contributed by atoms with Crippen molar-refractivity contribution < 1.29 is 4.79 Å². The number of carbonyl (C=O) groups is 1. The lowest BCUT2D eigenvalue weighted by atomic mass is 9.52. The van der Waals surface area contributed by atoms with Crippen LogP contribution in [0.5, 0.6) is 0 Å². The third-order valence-electron chi connectivity index (χ3n) is 5.41. The zero-order valence-corrected chi connectivity index (χ0v) is 10.6. The number of fused-ring (bicyclic) bond motifs is 1. The molecule has 0 amide bonds. The van der Waals surface area contributed by atoms with Crippen molar-refractivity contribution in [3.63, 3.8) is 0 Å². The maximum atomic E-state index is 12.0. The Morgan fingerprint density at radius 3 is 3.11 bits per heavy atom. The number of hydrogen-bond acceptors (Lipinski definition) is 2. The number of piperidine rings is 1. The van der Waals surface area contributed by atoms with Crippen LogP contribution in [0.2, 0.25) is 0 Å². The van der Waals surface area contributed by atoms with Crippen LogP contribution in [0.4, 0.5) is 0 Å². The molecule has 2 bridgehead atoms. The fraction of sp³-hybridized carbons (Fsp3) is 0.562. The Kier molecular flexibility index (Phi) is 2.19. The number of nitrogens with one attached hydrogen (secondary N) is 1. The lowest BCUT2D eigenvalue weighted by Crippen LogP contribution is -2.60. The molecule has 0 spiro atoms. The van der Waals surface area contributed by atoms with E-state index in [0.29, 0.717) is 17.7 Å². The fourth-order valence-corrected chi connectivity index (χ4v) is 4.71. The van der Waals surface area contributed by atoms with Gasteiger partial charge >= 0.3 is 0 Å². The van der Waals surface area contributed by atoms with Crippen molar-refractivity contribution in [3.05, 3.63) is 35.4 Å². The summed E-state index contributed by atoms with van der Waals surface area (Å²) in [4.78, 5) is 12.0. The highest BCUT2D eigenvalue weighted by Gasteiger charge is 2.53. The van der Waals surface area contributed by atoms with E-state index in [1.54, 1.807) is 0 Å². The summed E-state index contributed by atoms with van der Waals surface area (Å²) in [5.74, 6) is 1.16. The summed E-state index contributed by atoms with van der Waals surface area (Å²) in [5.41, 5.74) is 3.13. The van der Waals surface area contributed by atoms with Crippen molar-refractivity contribution in [2.45, 2.75) is 43.6 Å². The number of Topliss-reactive ketones (excluding diaryl/α,β-unsaturated/α-hetero) is 1. The highest BCUT2D eigenvalue weighted by Crippen LogP contribution is 2.52. The Labute approximate surface area is 108 Å². The molecule has 1 saturated heterocycles. The van der Waals surface area contributed by atoms with E-state index in [-0.39, 0.29) is 5.41 Å². The lowest BCUT2D eigenvalue weighted by Gasteiger charge is -2.55. The highest BCUT2D eigenvalue weighted by molar-refractivity contribution is 5.81. The zero-order valence-electron chi connectivity index (χ0n) is 10.6. The molecule has 3 atom stereocenters. The molecular formula is C16H19NO. The van der Waals surface area contributed by atoms with E-state index in [9.17, 15) is 4.79 Å². The van der Waals surface area contributed by atoms with Gasteiger partial charge in [0.05, 0.1) is 0 Å². The van der Waals surface area contributed by atoms with Gasteiger partial charge in [-0.05, 0) is 42.9 Å². The van der Waals surface area contributed by atoms with Crippen molar-refractivity contribution in [2.24, 2.45) is 5.92 Å². The summed E-state index contributed by atoms with van der Waals surface area (Å²) in [6.45, 7) is 1.07. The van der Waals surface area contributed by atoms with Crippen LogP contribution < -0.4 is 5.32 Å². The number of carbonyl (C=O) groups excluding carboxylic acids is 1. The van der Waals surface area contributed by atoms with Gasteiger partial charge in [0.1, 0.15) is 5.78 Å². The Hall–Kier alpha value is -1.15. The molecule has 4 rings (SSSR count). The Balaban J connectivity index is 1.91. The number of ketones is 1. The average Bonchev–Trinajstić information content (AvgIpc) is 2.38. The van der Waals surface area contributed by atoms with Crippen LogP contribution in [0, 0.1) is 5.92 Å². The zero-order chi connectivity index (χ0) is 12.2. The quantitative estimate of drug-likeness (QED) is 0.754. The monoisotopic (exact) mass is 241 g/mol. The molecule has 3 aliphatic rings. The smallest absolute Gasteiger partial charge is 0.133 e. The molecule has 0 aromatic heterocycles. The molecule has 1 heterocycles. The van der Waals surface area contributed by atoms with Gasteiger partial charge < -0.3 is 5.32 Å². The fourth-order valence-electron chi connectivity index (χ4n) is 4.71. The average molecular weight is 241 g/mol. The SMILES string of the molecule is O=C1CC[C@@H]2[C@H]3Cc4ccccc4[C@@]2(CCN3)C1. The van der Waals surface area contributed by atoms with E-state index >= 15 is 0 Å². The molecule has 2 heteroatoms. The predicted molar refractivity (Wildman–Crippen MR) is 70.6 cm³/mol. The van der Waals surface area contributed by atoms with Crippen LogP contribution in [-0.4, -0.2) is 18.4 Å². The van der Waals surface area contributed by atoms with Gasteiger partial charge in [0.15, 0.2) is 0 Å². The van der Waals surface area contributed by atoms with E-state index in [2.05, 4.69) is 29.6 Å². The predicted octanol–water partition coefficient (Wildman–Crippen LogP) is 2.21. The third kappa shape index (κ3) is 1.30. The molecule has 1 aromatic carbocycles. The number of hydrogen-bond donors (Lipinski definition) is 1. The first-order valence-corrected chi connectivity index (χ1v) is 7.13. The van der Waals surface area contributed by atoms with Gasteiger partial charge in [-0.25, -0.2) is 0 Å². The van der Waals surface area contributed by atoms with Crippen molar-refractivity contribution >= 4 is 5.78 Å². The Morgan fingerprint density at radius 2 is 2.17 bits per heavy atom. The highest BCUT2D eigenvalue weighted by atomic mass is 16.1. The minimum Gasteiger partial charge on any atom is -0.313 e. The molecule has 2 aliphatic carbocycles. The second-order valence-electron chi connectivity index (χ2n) is 6.19. The topological polar surface area (TPSA) is 29.1 Å². The van der Waals surface area contributed by atoms with Gasteiger partial charge in [-0.2, -0.15) is 0 Å². The maximum Gasteiger partial charge on any atom is 0.133 e. The van der Waals surface area contributed by atoms with E-state index in [1.165, 1.54) is 11.1 Å². The minimum absolute atomic E-state index is 0.167. The number of benzene rings is 1. The molecule has 18 heavy (non-hydrogen) atoms. The Bertz CT molecular complexity index is 510. The molecule has 1 N–H and O–H groups in total. The maximum absolute atomic E-state index is 12.0. The van der Waals surface area contributed by atoms with Crippen molar-refractivity contribution in [1.29, 1.82) is 0 Å². The summed E-state index contributed by atoms with van der Waals surface area (Å²) in [5, 5.41) is 3.69. The normalized spacial score (nSPS) is 37.9. The summed E-state index contributed by atoms with van der Waals surface area (Å²) >= 11 is 0. The van der Waals surface area contributed by atoms with Crippen molar-refractivity contribution in [2.75, 3.05) is 6.54 Å². The molecule has 1 aliphatic heterocycles. The molecule has 0 unspecified atom stereocenters. The van der Waals surface area contributed by atoms with Crippen LogP contribution in [0.3, 0.4) is 0 Å². The summed E-state index contributed by atoms with van der Waals surface area (Å²) in [6, 6.07) is 9.42. The first-order chi connectivity index (χ1) is 8.79. The molecule has 1 saturated carbocycles. The largest absolute Gasteiger partial charge is 0.313 e. The molecule has 0 radical (unpaired) electrons. The second kappa shape index (κ2) is 3.67. The molecule has 1 aromatic rings. The van der Waals surface area contributed by atoms with E-state index in [0.717, 1.165) is 38.6 Å². The van der Waals surface area contributed by atoms with E-state index in [1.807, 2.05) is 0 Å². The summed E-state index contributed by atoms with van der Waals surface area (Å²) in [6.07, 6.45) is 4.96. The van der Waals surface area contributed by atoms with Crippen LogP contribution in [0.25, 0.3) is 0 Å². The third-order valence-corrected chi connectivity index (χ3v) is 5.41. The summed E-state index contributed by atoms with van der Waals surface area (Å²) in [7, 11) is 0. The van der Waals surface area contributed by atoms with Crippen molar-refractivity contribution in [1.82, 2.24) is 5.32 Å². The van der Waals surface area contributed by atoms with Gasteiger partial charge in [0, 0.05) is 24.3 Å². The van der Waals surface area contributed by atoms with Crippen LogP contribution in [-0.2, 0) is 16.6 Å². The molecule has 2 fully saturated rings. The van der Waals surface area contributed by atoms with Gasteiger partial charge in [-0.15, -0.1) is 0 Å². The molecule has 2 nitrogen and oxygen atoms in total. The number of rotatable bonds is 0. The van der Waals surface area contributed by atoms with Crippen LogP contribution in [0.15, 0.2) is 24.3 Å². The van der Waals surface area contributed by atoms with Crippen molar-refractivity contribution in [3.8, 4) is 0 Å². The lowest BCUT2D eigenvalue weighted by molar-refractivity contribution is -0.125. The molecule has 94 valence electrons. The minimum atomic E-state index is 0.167. The standard InChI is InChI=1S/C16H19NO/c18-12-5-6-14-15-9-11-3-1-2-4-13(11)16(14,10-12)7-8-17-15/h1-4,14-15,17H,5-10H2/t14-,15-,16-/m1/s1. The second-order valence-corrected chi connectivity index (χ2v) is 6.19. The van der Waals surface area contributed by atoms with Gasteiger partial charge in [0.2, 0.25) is 0 Å². The Morgan fingerprint density at radius 1 is 1.28 bits per heavy atom.